The SMILES string of the molecule is CCc1nc(CCNC(=O)[C@]2(C)CC(C)=NO2)cs1. The van der Waals surface area contributed by atoms with Crippen LogP contribution in [0.5, 0.6) is 0 Å². The van der Waals surface area contributed by atoms with Gasteiger partial charge >= 0.3 is 0 Å². The number of oxime groups is 1. The van der Waals surface area contributed by atoms with Crippen molar-refractivity contribution in [3.8, 4) is 0 Å². The number of amides is 1. The second-order valence-electron chi connectivity index (χ2n) is 4.92. The van der Waals surface area contributed by atoms with Gasteiger partial charge in [-0.3, -0.25) is 4.79 Å². The van der Waals surface area contributed by atoms with Gasteiger partial charge in [-0.05, 0) is 20.3 Å². The maximum atomic E-state index is 12.0. The van der Waals surface area contributed by atoms with Gasteiger partial charge in [0.25, 0.3) is 5.91 Å². The number of nitrogens with zero attached hydrogens (tertiary/aromatic N) is 2. The van der Waals surface area contributed by atoms with Crippen LogP contribution >= 0.6 is 11.3 Å². The summed E-state index contributed by atoms with van der Waals surface area (Å²) >= 11 is 1.67. The molecule has 1 aromatic rings. The number of aromatic nitrogens is 1. The van der Waals surface area contributed by atoms with E-state index in [9.17, 15) is 4.79 Å². The number of rotatable bonds is 5. The molecule has 0 aliphatic carbocycles. The lowest BCUT2D eigenvalue weighted by atomic mass is 9.99. The van der Waals surface area contributed by atoms with Crippen molar-refractivity contribution in [1.82, 2.24) is 10.3 Å². The monoisotopic (exact) mass is 281 g/mol. The molecule has 0 fully saturated rings. The Kier molecular flexibility index (Phi) is 4.19. The van der Waals surface area contributed by atoms with Crippen molar-refractivity contribution in [2.45, 2.75) is 45.6 Å². The number of carbonyl (C=O) groups is 1. The molecule has 0 radical (unpaired) electrons. The van der Waals surface area contributed by atoms with Gasteiger partial charge in [-0.25, -0.2) is 4.98 Å². The summed E-state index contributed by atoms with van der Waals surface area (Å²) in [6, 6.07) is 0. The first-order valence-electron chi connectivity index (χ1n) is 6.47. The Morgan fingerprint density at radius 3 is 3.00 bits per heavy atom. The lowest BCUT2D eigenvalue weighted by Crippen LogP contribution is -2.45. The molecule has 0 saturated carbocycles. The average Bonchev–Trinajstić information content (AvgIpc) is 2.97. The molecular weight excluding hydrogens is 262 g/mol. The molecule has 1 N–H and O–H groups in total. The lowest BCUT2D eigenvalue weighted by Gasteiger charge is -2.20. The molecule has 6 heteroatoms. The molecule has 1 aromatic heterocycles. The van der Waals surface area contributed by atoms with Gasteiger partial charge in [-0.1, -0.05) is 12.1 Å². The summed E-state index contributed by atoms with van der Waals surface area (Å²) in [5, 5.41) is 9.91. The Morgan fingerprint density at radius 1 is 1.63 bits per heavy atom. The van der Waals surface area contributed by atoms with E-state index >= 15 is 0 Å². The van der Waals surface area contributed by atoms with Crippen LogP contribution in [0.15, 0.2) is 10.5 Å². The first-order valence-corrected chi connectivity index (χ1v) is 7.34. The zero-order valence-electron chi connectivity index (χ0n) is 11.5. The fraction of sp³-hybridized carbons (Fsp3) is 0.615. The molecule has 0 saturated heterocycles. The maximum absolute atomic E-state index is 12.0. The van der Waals surface area contributed by atoms with Crippen LogP contribution in [-0.2, 0) is 22.5 Å². The van der Waals surface area contributed by atoms with Gasteiger partial charge in [-0.2, -0.15) is 0 Å². The van der Waals surface area contributed by atoms with Crippen LogP contribution in [0.3, 0.4) is 0 Å². The third-order valence-electron chi connectivity index (χ3n) is 3.04. The van der Waals surface area contributed by atoms with Crippen LogP contribution in [0.1, 0.15) is 37.9 Å². The Bertz CT molecular complexity index is 498. The molecule has 1 aliphatic heterocycles. The smallest absolute Gasteiger partial charge is 0.267 e. The zero-order chi connectivity index (χ0) is 13.9. The van der Waals surface area contributed by atoms with Gasteiger partial charge in [0.15, 0.2) is 0 Å². The van der Waals surface area contributed by atoms with Crippen molar-refractivity contribution >= 4 is 23.0 Å². The second kappa shape index (κ2) is 5.69. The Hall–Kier alpha value is -1.43. The minimum absolute atomic E-state index is 0.112. The Morgan fingerprint density at radius 2 is 2.42 bits per heavy atom. The average molecular weight is 281 g/mol. The highest BCUT2D eigenvalue weighted by atomic mass is 32.1. The van der Waals surface area contributed by atoms with E-state index in [1.165, 1.54) is 0 Å². The Labute approximate surface area is 117 Å². The lowest BCUT2D eigenvalue weighted by molar-refractivity contribution is -0.141. The number of carbonyl (C=O) groups excluding carboxylic acids is 1. The van der Waals surface area contributed by atoms with Gasteiger partial charge in [0.1, 0.15) is 0 Å². The van der Waals surface area contributed by atoms with E-state index < -0.39 is 5.60 Å². The van der Waals surface area contributed by atoms with Gasteiger partial charge in [0, 0.05) is 24.8 Å². The third-order valence-corrected chi connectivity index (χ3v) is 4.09. The highest BCUT2D eigenvalue weighted by molar-refractivity contribution is 7.09. The van der Waals surface area contributed by atoms with Crippen LogP contribution in [0.25, 0.3) is 0 Å². The summed E-state index contributed by atoms with van der Waals surface area (Å²) in [4.78, 5) is 21.7. The highest BCUT2D eigenvalue weighted by Crippen LogP contribution is 2.23. The van der Waals surface area contributed by atoms with E-state index in [4.69, 9.17) is 4.84 Å². The number of thiazole rings is 1. The molecule has 104 valence electrons. The fourth-order valence-corrected chi connectivity index (χ4v) is 2.75. The van der Waals surface area contributed by atoms with E-state index in [2.05, 4.69) is 22.4 Å². The van der Waals surface area contributed by atoms with Crippen molar-refractivity contribution in [3.05, 3.63) is 16.1 Å². The summed E-state index contributed by atoms with van der Waals surface area (Å²) in [7, 11) is 0. The molecule has 0 aromatic carbocycles. The molecule has 5 nitrogen and oxygen atoms in total. The molecule has 0 unspecified atom stereocenters. The van der Waals surface area contributed by atoms with Gasteiger partial charge in [-0.15, -0.1) is 11.3 Å². The molecule has 0 spiro atoms. The summed E-state index contributed by atoms with van der Waals surface area (Å²) in [6.07, 6.45) is 2.26. The molecule has 0 bridgehead atoms. The summed E-state index contributed by atoms with van der Waals surface area (Å²) < 4.78 is 0. The summed E-state index contributed by atoms with van der Waals surface area (Å²) in [5.41, 5.74) is 1.04. The van der Waals surface area contributed by atoms with E-state index in [0.717, 1.165) is 29.3 Å². The van der Waals surface area contributed by atoms with Gasteiger partial charge in [0.2, 0.25) is 5.60 Å². The van der Waals surface area contributed by atoms with Crippen LogP contribution in [0, 0.1) is 0 Å². The normalized spacial score (nSPS) is 21.9. The Balaban J connectivity index is 1.78. The molecule has 1 amide bonds. The highest BCUT2D eigenvalue weighted by Gasteiger charge is 2.40. The van der Waals surface area contributed by atoms with E-state index in [1.807, 2.05) is 12.3 Å². The van der Waals surface area contributed by atoms with Crippen LogP contribution in [0.2, 0.25) is 0 Å². The topological polar surface area (TPSA) is 63.6 Å². The maximum Gasteiger partial charge on any atom is 0.267 e. The minimum atomic E-state index is -0.846. The molecule has 19 heavy (non-hydrogen) atoms. The van der Waals surface area contributed by atoms with Crippen molar-refractivity contribution < 1.29 is 9.63 Å². The quantitative estimate of drug-likeness (QED) is 0.897. The largest absolute Gasteiger partial charge is 0.379 e. The van der Waals surface area contributed by atoms with Crippen LogP contribution in [0.4, 0.5) is 0 Å². The predicted octanol–water partition coefficient (Wildman–Crippen LogP) is 1.92. The molecule has 1 atom stereocenters. The van der Waals surface area contributed by atoms with Crippen molar-refractivity contribution in [3.63, 3.8) is 0 Å². The van der Waals surface area contributed by atoms with Gasteiger partial charge < -0.3 is 10.2 Å². The standard InChI is InChI=1S/C13H19N3O2S/c1-4-11-15-10(8-19-11)5-6-14-12(17)13(3)7-9(2)16-18-13/h8H,4-7H2,1-3H3,(H,14,17)/t13-/m0/s1. The van der Waals surface area contributed by atoms with E-state index in [0.29, 0.717) is 13.0 Å². The van der Waals surface area contributed by atoms with E-state index in [-0.39, 0.29) is 5.91 Å². The number of aryl methyl sites for hydroxylation is 1. The number of nitrogens with one attached hydrogen (secondary N) is 1. The summed E-state index contributed by atoms with van der Waals surface area (Å²) in [6.45, 7) is 6.29. The van der Waals surface area contributed by atoms with Crippen LogP contribution in [-0.4, -0.2) is 28.7 Å². The van der Waals surface area contributed by atoms with Crippen molar-refractivity contribution in [2.75, 3.05) is 6.54 Å². The first kappa shape index (κ1) is 14.0. The predicted molar refractivity (Wildman–Crippen MR) is 75.4 cm³/mol. The first-order chi connectivity index (χ1) is 9.03. The number of hydrogen-bond donors (Lipinski definition) is 1. The van der Waals surface area contributed by atoms with E-state index in [1.54, 1.807) is 18.3 Å². The van der Waals surface area contributed by atoms with Crippen molar-refractivity contribution in [2.24, 2.45) is 5.16 Å². The number of hydrogen-bond acceptors (Lipinski definition) is 5. The summed E-state index contributed by atoms with van der Waals surface area (Å²) in [5.74, 6) is -0.112. The zero-order valence-corrected chi connectivity index (χ0v) is 12.3. The second-order valence-corrected chi connectivity index (χ2v) is 5.86. The third kappa shape index (κ3) is 3.32. The molecule has 1 aliphatic rings. The van der Waals surface area contributed by atoms with Crippen molar-refractivity contribution in [1.29, 1.82) is 0 Å². The molecule has 2 rings (SSSR count). The minimum Gasteiger partial charge on any atom is -0.379 e. The molecule has 2 heterocycles. The van der Waals surface area contributed by atoms with Crippen LogP contribution < -0.4 is 5.32 Å². The molecular formula is C13H19N3O2S. The van der Waals surface area contributed by atoms with Gasteiger partial charge in [0.05, 0.1) is 16.4 Å². The fourth-order valence-electron chi connectivity index (χ4n) is 1.97.